The van der Waals surface area contributed by atoms with Crippen molar-refractivity contribution in [1.82, 2.24) is 0 Å². The molecule has 2 unspecified atom stereocenters. The summed E-state index contributed by atoms with van der Waals surface area (Å²) in [6, 6.07) is 6.96. The molecule has 17 heavy (non-hydrogen) atoms. The fourth-order valence-corrected chi connectivity index (χ4v) is 2.71. The Bertz CT molecular complexity index is 539. The number of ether oxygens (including phenoxy) is 1. The fourth-order valence-electron chi connectivity index (χ4n) is 2.71. The van der Waals surface area contributed by atoms with E-state index < -0.39 is 11.7 Å². The summed E-state index contributed by atoms with van der Waals surface area (Å²) in [5.41, 5.74) is -0.294. The highest BCUT2D eigenvalue weighted by atomic mass is 16.6. The lowest BCUT2D eigenvalue weighted by molar-refractivity contribution is 0.0712. The first-order valence-electron chi connectivity index (χ1n) is 5.75. The minimum atomic E-state index is -0.932. The van der Waals surface area contributed by atoms with Gasteiger partial charge in [0.25, 0.3) is 0 Å². The van der Waals surface area contributed by atoms with Crippen molar-refractivity contribution in [2.45, 2.75) is 32.5 Å². The zero-order chi connectivity index (χ0) is 12.4. The largest absolute Gasteiger partial charge is 0.348 e. The second-order valence-electron chi connectivity index (χ2n) is 5.72. The second-order valence-corrected chi connectivity index (χ2v) is 5.72. The second kappa shape index (κ2) is 2.85. The molecule has 1 aliphatic carbocycles. The lowest BCUT2D eigenvalue weighted by atomic mass is 9.69. The van der Waals surface area contributed by atoms with Crippen molar-refractivity contribution >= 4 is 11.6 Å². The maximum absolute atomic E-state index is 12.5. The summed E-state index contributed by atoms with van der Waals surface area (Å²) in [5, 5.41) is 0. The van der Waals surface area contributed by atoms with Gasteiger partial charge >= 0.3 is 0 Å². The van der Waals surface area contributed by atoms with E-state index in [1.54, 1.807) is 24.3 Å². The molecule has 2 atom stereocenters. The minimum Gasteiger partial charge on any atom is -0.348 e. The topological polar surface area (TPSA) is 46.7 Å². The van der Waals surface area contributed by atoms with Crippen molar-refractivity contribution in [2.24, 2.45) is 5.41 Å². The summed E-state index contributed by atoms with van der Waals surface area (Å²) in [6.07, 6.45) is -0.579. The van der Waals surface area contributed by atoms with Crippen molar-refractivity contribution in [3.63, 3.8) is 0 Å². The predicted octanol–water partition coefficient (Wildman–Crippen LogP) is 2.25. The van der Waals surface area contributed by atoms with Crippen molar-refractivity contribution in [3.05, 3.63) is 35.4 Å². The number of epoxide rings is 1. The van der Waals surface area contributed by atoms with Gasteiger partial charge in [-0.05, 0) is 0 Å². The SMILES string of the molecule is CC(C)(C)C12OC1C(=O)c1ccccc1C2=O. The molecule has 0 bridgehead atoms. The molecular weight excluding hydrogens is 216 g/mol. The molecule has 3 nitrogen and oxygen atoms in total. The molecule has 88 valence electrons. The Labute approximate surface area is 99.8 Å². The van der Waals surface area contributed by atoms with Gasteiger partial charge in [0.15, 0.2) is 23.3 Å². The molecule has 0 N–H and O–H groups in total. The van der Waals surface area contributed by atoms with Crippen molar-refractivity contribution < 1.29 is 14.3 Å². The van der Waals surface area contributed by atoms with Crippen LogP contribution in [-0.4, -0.2) is 23.3 Å². The summed E-state index contributed by atoms with van der Waals surface area (Å²) in [7, 11) is 0. The smallest absolute Gasteiger partial charge is 0.199 e. The van der Waals surface area contributed by atoms with Gasteiger partial charge in [0.1, 0.15) is 0 Å². The Balaban J connectivity index is 2.21. The van der Waals surface area contributed by atoms with Gasteiger partial charge < -0.3 is 4.74 Å². The maximum atomic E-state index is 12.5. The third-order valence-corrected chi connectivity index (χ3v) is 3.74. The van der Waals surface area contributed by atoms with E-state index in [0.29, 0.717) is 11.1 Å². The van der Waals surface area contributed by atoms with Gasteiger partial charge in [-0.25, -0.2) is 0 Å². The number of rotatable bonds is 0. The van der Waals surface area contributed by atoms with Crippen LogP contribution >= 0.6 is 0 Å². The van der Waals surface area contributed by atoms with E-state index in [1.807, 2.05) is 20.8 Å². The van der Waals surface area contributed by atoms with Crippen LogP contribution in [0.3, 0.4) is 0 Å². The van der Waals surface area contributed by atoms with Crippen LogP contribution in [0.1, 0.15) is 41.5 Å². The summed E-state index contributed by atoms with van der Waals surface area (Å²) in [4.78, 5) is 24.7. The van der Waals surface area contributed by atoms with Gasteiger partial charge in [-0.2, -0.15) is 0 Å². The highest BCUT2D eigenvalue weighted by molar-refractivity contribution is 6.23. The summed E-state index contributed by atoms with van der Waals surface area (Å²) in [5.74, 6) is -0.111. The van der Waals surface area contributed by atoms with Crippen LogP contribution in [0.4, 0.5) is 0 Å². The van der Waals surface area contributed by atoms with E-state index in [-0.39, 0.29) is 17.0 Å². The highest BCUT2D eigenvalue weighted by Gasteiger charge is 2.73. The molecule has 0 spiro atoms. The zero-order valence-corrected chi connectivity index (χ0v) is 10.1. The van der Waals surface area contributed by atoms with Crippen molar-refractivity contribution in [1.29, 1.82) is 0 Å². The van der Waals surface area contributed by atoms with Crippen LogP contribution in [-0.2, 0) is 4.74 Å². The number of hydrogen-bond acceptors (Lipinski definition) is 3. The molecule has 1 heterocycles. The van der Waals surface area contributed by atoms with Crippen LogP contribution in [0, 0.1) is 5.41 Å². The molecule has 1 aliphatic heterocycles. The lowest BCUT2D eigenvalue weighted by Crippen LogP contribution is -2.46. The molecule has 3 heteroatoms. The molecule has 0 aromatic heterocycles. The Morgan fingerprint density at radius 3 is 2.29 bits per heavy atom. The van der Waals surface area contributed by atoms with Crippen LogP contribution in [0.15, 0.2) is 24.3 Å². The van der Waals surface area contributed by atoms with E-state index in [9.17, 15) is 9.59 Å². The van der Waals surface area contributed by atoms with E-state index in [0.717, 1.165) is 0 Å². The van der Waals surface area contributed by atoms with Gasteiger partial charge in [0, 0.05) is 16.5 Å². The molecule has 3 rings (SSSR count). The Morgan fingerprint density at radius 1 is 1.12 bits per heavy atom. The standard InChI is InChI=1S/C14H14O3/c1-13(2,3)14-11(16)9-7-5-4-6-8(9)10(15)12(14)17-14/h4-7,12H,1-3H3. The normalized spacial score (nSPS) is 30.9. The number of ketones is 2. The first kappa shape index (κ1) is 10.7. The summed E-state index contributed by atoms with van der Waals surface area (Å²) in [6.45, 7) is 5.81. The zero-order valence-electron chi connectivity index (χ0n) is 10.1. The average Bonchev–Trinajstić information content (AvgIpc) is 3.02. The van der Waals surface area contributed by atoms with Crippen LogP contribution in [0.2, 0.25) is 0 Å². The first-order chi connectivity index (χ1) is 7.89. The molecular formula is C14H14O3. The van der Waals surface area contributed by atoms with Gasteiger partial charge in [0.05, 0.1) is 0 Å². The third-order valence-electron chi connectivity index (χ3n) is 3.74. The molecule has 2 aliphatic rings. The molecule has 1 fully saturated rings. The third kappa shape index (κ3) is 1.10. The van der Waals surface area contributed by atoms with Gasteiger partial charge in [0.2, 0.25) is 0 Å². The first-order valence-corrected chi connectivity index (χ1v) is 5.75. The van der Waals surface area contributed by atoms with Gasteiger partial charge in [-0.3, -0.25) is 9.59 Å². The Kier molecular flexibility index (Phi) is 1.79. The lowest BCUT2D eigenvalue weighted by Gasteiger charge is -2.29. The summed E-state index contributed by atoms with van der Waals surface area (Å²) >= 11 is 0. The number of carbonyl (C=O) groups is 2. The Hall–Kier alpha value is -1.48. The average molecular weight is 230 g/mol. The molecule has 1 aromatic carbocycles. The van der Waals surface area contributed by atoms with E-state index in [2.05, 4.69) is 0 Å². The number of hydrogen-bond donors (Lipinski definition) is 0. The predicted molar refractivity (Wildman–Crippen MR) is 62.2 cm³/mol. The number of carbonyl (C=O) groups excluding carboxylic acids is 2. The van der Waals surface area contributed by atoms with E-state index in [1.165, 1.54) is 0 Å². The quantitative estimate of drug-likeness (QED) is 0.642. The van der Waals surface area contributed by atoms with E-state index in [4.69, 9.17) is 4.74 Å². The van der Waals surface area contributed by atoms with E-state index >= 15 is 0 Å². The monoisotopic (exact) mass is 230 g/mol. The summed E-state index contributed by atoms with van der Waals surface area (Å²) < 4.78 is 5.54. The van der Waals surface area contributed by atoms with Crippen molar-refractivity contribution in [3.8, 4) is 0 Å². The molecule has 0 saturated carbocycles. The van der Waals surface area contributed by atoms with Crippen LogP contribution in [0.5, 0.6) is 0 Å². The number of Topliss-reactive ketones (excluding diaryl/α,β-unsaturated/α-hetero) is 2. The number of fused-ring (bicyclic) bond motifs is 2. The molecule has 0 amide bonds. The highest BCUT2D eigenvalue weighted by Crippen LogP contribution is 2.55. The van der Waals surface area contributed by atoms with Gasteiger partial charge in [-0.15, -0.1) is 0 Å². The maximum Gasteiger partial charge on any atom is 0.199 e. The number of benzene rings is 1. The van der Waals surface area contributed by atoms with Crippen molar-refractivity contribution in [2.75, 3.05) is 0 Å². The Morgan fingerprint density at radius 2 is 1.71 bits per heavy atom. The molecule has 1 saturated heterocycles. The molecule has 0 radical (unpaired) electrons. The fraction of sp³-hybridized carbons (Fsp3) is 0.429. The van der Waals surface area contributed by atoms with Crippen LogP contribution < -0.4 is 0 Å². The van der Waals surface area contributed by atoms with Crippen LogP contribution in [0.25, 0.3) is 0 Å². The van der Waals surface area contributed by atoms with Gasteiger partial charge in [-0.1, -0.05) is 45.0 Å². The minimum absolute atomic E-state index is 0.0507. The molecule has 1 aromatic rings.